The maximum Gasteiger partial charge on any atom is 0.253 e. The van der Waals surface area contributed by atoms with E-state index in [-0.39, 0.29) is 5.56 Å². The lowest BCUT2D eigenvalue weighted by Crippen LogP contribution is -2.20. The van der Waals surface area contributed by atoms with Gasteiger partial charge >= 0.3 is 0 Å². The zero-order chi connectivity index (χ0) is 12.4. The van der Waals surface area contributed by atoms with Crippen LogP contribution in [0, 0.1) is 6.92 Å². The van der Waals surface area contributed by atoms with Gasteiger partial charge in [0.1, 0.15) is 0 Å². The van der Waals surface area contributed by atoms with Crippen molar-refractivity contribution in [3.63, 3.8) is 0 Å². The van der Waals surface area contributed by atoms with Gasteiger partial charge in [0.15, 0.2) is 0 Å². The molecule has 0 fully saturated rings. The zero-order valence-electron chi connectivity index (χ0n) is 9.35. The molecule has 88 valence electrons. The number of nitrogens with two attached hydrogens (primary N) is 1. The van der Waals surface area contributed by atoms with Gasteiger partial charge in [0, 0.05) is 21.9 Å². The van der Waals surface area contributed by atoms with Crippen LogP contribution >= 0.6 is 15.9 Å². The highest BCUT2D eigenvalue weighted by atomic mass is 79.9. The Hall–Kier alpha value is -1.62. The van der Waals surface area contributed by atoms with Crippen molar-refractivity contribution in [2.45, 2.75) is 13.5 Å². The van der Waals surface area contributed by atoms with Gasteiger partial charge in [0.25, 0.3) is 5.56 Å². The normalized spacial score (nSPS) is 10.5. The number of aryl methyl sites for hydroxylation is 1. The van der Waals surface area contributed by atoms with E-state index in [1.54, 1.807) is 17.8 Å². The van der Waals surface area contributed by atoms with Gasteiger partial charge in [0.2, 0.25) is 0 Å². The zero-order valence-corrected chi connectivity index (χ0v) is 10.9. The molecule has 17 heavy (non-hydrogen) atoms. The lowest BCUT2D eigenvalue weighted by atomic mass is 10.2. The maximum absolute atomic E-state index is 11.7. The van der Waals surface area contributed by atoms with E-state index < -0.39 is 0 Å². The summed E-state index contributed by atoms with van der Waals surface area (Å²) in [5.41, 5.74) is 8.06. The number of hydrogen-bond donors (Lipinski definition) is 1. The van der Waals surface area contributed by atoms with Crippen LogP contribution in [0.2, 0.25) is 0 Å². The minimum Gasteiger partial charge on any atom is -0.398 e. The summed E-state index contributed by atoms with van der Waals surface area (Å²) in [5, 5.41) is 0. The molecule has 5 heteroatoms. The molecule has 0 aliphatic carbocycles. The van der Waals surface area contributed by atoms with Crippen molar-refractivity contribution < 1.29 is 0 Å². The van der Waals surface area contributed by atoms with Crippen molar-refractivity contribution in [3.05, 3.63) is 56.7 Å². The molecule has 2 aromatic rings. The van der Waals surface area contributed by atoms with E-state index in [0.717, 1.165) is 15.7 Å². The molecule has 0 atom stereocenters. The van der Waals surface area contributed by atoms with Gasteiger partial charge in [-0.05, 0) is 34.5 Å². The predicted molar refractivity (Wildman–Crippen MR) is 70.9 cm³/mol. The number of anilines is 1. The quantitative estimate of drug-likeness (QED) is 0.861. The molecular weight excluding hydrogens is 282 g/mol. The molecule has 0 unspecified atom stereocenters. The first-order valence-electron chi connectivity index (χ1n) is 5.14. The molecule has 0 bridgehead atoms. The molecule has 0 saturated heterocycles. The van der Waals surface area contributed by atoms with Crippen molar-refractivity contribution in [3.8, 4) is 0 Å². The fourth-order valence-corrected chi connectivity index (χ4v) is 1.93. The maximum atomic E-state index is 11.7. The van der Waals surface area contributed by atoms with Crippen LogP contribution in [-0.2, 0) is 6.54 Å². The summed E-state index contributed by atoms with van der Waals surface area (Å²) in [6.45, 7) is 2.25. The molecule has 0 amide bonds. The predicted octanol–water partition coefficient (Wildman–Crippen LogP) is 1.94. The SMILES string of the molecule is Cc1cc(=O)n(Cc2cccc(N)c2Br)cn1. The van der Waals surface area contributed by atoms with Crippen molar-refractivity contribution in [1.29, 1.82) is 0 Å². The van der Waals surface area contributed by atoms with Gasteiger partial charge in [-0.1, -0.05) is 12.1 Å². The van der Waals surface area contributed by atoms with Gasteiger partial charge in [-0.15, -0.1) is 0 Å². The van der Waals surface area contributed by atoms with E-state index in [9.17, 15) is 4.79 Å². The number of nitrogen functional groups attached to an aromatic ring is 1. The lowest BCUT2D eigenvalue weighted by Gasteiger charge is -2.08. The Bertz CT molecular complexity index is 607. The van der Waals surface area contributed by atoms with E-state index in [1.165, 1.54) is 6.07 Å². The Morgan fingerprint density at radius 2 is 2.24 bits per heavy atom. The highest BCUT2D eigenvalue weighted by Crippen LogP contribution is 2.23. The Kier molecular flexibility index (Phi) is 3.28. The van der Waals surface area contributed by atoms with Gasteiger partial charge in [-0.3, -0.25) is 9.36 Å². The third-order valence-corrected chi connectivity index (χ3v) is 3.43. The molecule has 2 N–H and O–H groups in total. The molecule has 0 aliphatic rings. The summed E-state index contributed by atoms with van der Waals surface area (Å²) in [5.74, 6) is 0. The van der Waals surface area contributed by atoms with E-state index in [0.29, 0.717) is 12.2 Å². The van der Waals surface area contributed by atoms with Crippen LogP contribution in [0.4, 0.5) is 5.69 Å². The average Bonchev–Trinajstić information content (AvgIpc) is 2.28. The molecule has 0 spiro atoms. The lowest BCUT2D eigenvalue weighted by molar-refractivity contribution is 0.728. The summed E-state index contributed by atoms with van der Waals surface area (Å²) >= 11 is 3.42. The minimum atomic E-state index is -0.0631. The van der Waals surface area contributed by atoms with Crippen LogP contribution in [0.3, 0.4) is 0 Å². The highest BCUT2D eigenvalue weighted by Gasteiger charge is 2.05. The molecule has 0 aliphatic heterocycles. The van der Waals surface area contributed by atoms with Gasteiger partial charge in [-0.25, -0.2) is 4.98 Å². The van der Waals surface area contributed by atoms with Crippen LogP contribution in [0.1, 0.15) is 11.3 Å². The van der Waals surface area contributed by atoms with Crippen molar-refractivity contribution in [2.75, 3.05) is 5.73 Å². The molecule has 1 heterocycles. The largest absolute Gasteiger partial charge is 0.398 e. The summed E-state index contributed by atoms with van der Waals surface area (Å²) in [6, 6.07) is 7.11. The highest BCUT2D eigenvalue weighted by molar-refractivity contribution is 9.10. The van der Waals surface area contributed by atoms with Crippen LogP contribution in [0.25, 0.3) is 0 Å². The number of halogens is 1. The fraction of sp³-hybridized carbons (Fsp3) is 0.167. The number of rotatable bonds is 2. The fourth-order valence-electron chi connectivity index (χ4n) is 1.54. The van der Waals surface area contributed by atoms with Crippen LogP contribution in [-0.4, -0.2) is 9.55 Å². The Balaban J connectivity index is 2.38. The Labute approximate surface area is 107 Å². The van der Waals surface area contributed by atoms with E-state index in [1.807, 2.05) is 18.2 Å². The van der Waals surface area contributed by atoms with Crippen LogP contribution < -0.4 is 11.3 Å². The molecule has 2 rings (SSSR count). The molecule has 1 aromatic carbocycles. The van der Waals surface area contributed by atoms with E-state index in [4.69, 9.17) is 5.73 Å². The first-order valence-corrected chi connectivity index (χ1v) is 5.93. The molecule has 1 aromatic heterocycles. The van der Waals surface area contributed by atoms with Crippen molar-refractivity contribution in [2.24, 2.45) is 0 Å². The monoisotopic (exact) mass is 293 g/mol. The molecule has 4 nitrogen and oxygen atoms in total. The third kappa shape index (κ3) is 2.55. The van der Waals surface area contributed by atoms with E-state index in [2.05, 4.69) is 20.9 Å². The smallest absolute Gasteiger partial charge is 0.253 e. The van der Waals surface area contributed by atoms with E-state index >= 15 is 0 Å². The van der Waals surface area contributed by atoms with Crippen molar-refractivity contribution >= 4 is 21.6 Å². The van der Waals surface area contributed by atoms with Crippen molar-refractivity contribution in [1.82, 2.24) is 9.55 Å². The summed E-state index contributed by atoms with van der Waals surface area (Å²) in [6.07, 6.45) is 1.55. The number of benzene rings is 1. The van der Waals surface area contributed by atoms with Gasteiger partial charge in [-0.2, -0.15) is 0 Å². The first kappa shape index (κ1) is 11.9. The third-order valence-electron chi connectivity index (χ3n) is 2.47. The second kappa shape index (κ2) is 4.71. The summed E-state index contributed by atoms with van der Waals surface area (Å²) in [4.78, 5) is 15.8. The summed E-state index contributed by atoms with van der Waals surface area (Å²) < 4.78 is 2.37. The second-order valence-electron chi connectivity index (χ2n) is 3.82. The van der Waals surface area contributed by atoms with Crippen LogP contribution in [0.15, 0.2) is 39.9 Å². The standard InChI is InChI=1S/C12H12BrN3O/c1-8-5-11(17)16(7-15-8)6-9-3-2-4-10(14)12(9)13/h2-5,7H,6,14H2,1H3. The average molecular weight is 294 g/mol. The number of hydrogen-bond acceptors (Lipinski definition) is 3. The number of aromatic nitrogens is 2. The van der Waals surface area contributed by atoms with Gasteiger partial charge < -0.3 is 5.73 Å². The molecule has 0 saturated carbocycles. The summed E-state index contributed by atoms with van der Waals surface area (Å²) in [7, 11) is 0. The Morgan fingerprint density at radius 1 is 1.47 bits per heavy atom. The van der Waals surface area contributed by atoms with Crippen LogP contribution in [0.5, 0.6) is 0 Å². The topological polar surface area (TPSA) is 60.9 Å². The molecule has 0 radical (unpaired) electrons. The molecular formula is C12H12BrN3O. The first-order chi connectivity index (χ1) is 8.08. The number of nitrogens with zero attached hydrogens (tertiary/aromatic N) is 2. The minimum absolute atomic E-state index is 0.0631. The Morgan fingerprint density at radius 3 is 2.94 bits per heavy atom. The van der Waals surface area contributed by atoms with Gasteiger partial charge in [0.05, 0.1) is 12.9 Å². The second-order valence-corrected chi connectivity index (χ2v) is 4.61.